The van der Waals surface area contributed by atoms with Gasteiger partial charge in [-0.2, -0.15) is 0 Å². The maximum atomic E-state index is 12.0. The molecule has 112 valence electrons. The van der Waals surface area contributed by atoms with Crippen molar-refractivity contribution in [3.05, 3.63) is 26.4 Å². The van der Waals surface area contributed by atoms with Gasteiger partial charge in [-0.05, 0) is 5.92 Å². The van der Waals surface area contributed by atoms with E-state index in [-0.39, 0.29) is 17.3 Å². The van der Waals surface area contributed by atoms with Gasteiger partial charge < -0.3 is 10.5 Å². The molecule has 0 saturated carbocycles. The first-order valence-electron chi connectivity index (χ1n) is 6.90. The molecule has 1 aromatic rings. The molecule has 0 radical (unpaired) electrons. The summed E-state index contributed by atoms with van der Waals surface area (Å²) in [5.41, 5.74) is 5.67. The predicted octanol–water partition coefficient (Wildman–Crippen LogP) is -0.393. The quantitative estimate of drug-likeness (QED) is 0.784. The number of H-pyrrole nitrogens is 1. The molecule has 0 aliphatic carbocycles. The Hall–Kier alpha value is -1.60. The van der Waals surface area contributed by atoms with Crippen LogP contribution in [0.15, 0.2) is 9.59 Å². The van der Waals surface area contributed by atoms with Gasteiger partial charge in [0.15, 0.2) is 0 Å². The summed E-state index contributed by atoms with van der Waals surface area (Å²) in [4.78, 5) is 28.3. The van der Waals surface area contributed by atoms with Crippen LogP contribution in [-0.4, -0.2) is 40.8 Å². The van der Waals surface area contributed by atoms with Gasteiger partial charge in [0.2, 0.25) is 0 Å². The van der Waals surface area contributed by atoms with Crippen LogP contribution in [0.4, 0.5) is 5.82 Å². The van der Waals surface area contributed by atoms with Gasteiger partial charge in [0.05, 0.1) is 18.8 Å². The molecule has 2 heterocycles. The van der Waals surface area contributed by atoms with Crippen LogP contribution in [0.3, 0.4) is 0 Å². The molecule has 7 nitrogen and oxygen atoms in total. The number of hydrogen-bond acceptors (Lipinski definition) is 5. The van der Waals surface area contributed by atoms with Crippen molar-refractivity contribution in [2.24, 2.45) is 5.92 Å². The topological polar surface area (TPSA) is 93.3 Å². The smallest absolute Gasteiger partial charge is 0.329 e. The molecule has 0 unspecified atom stereocenters. The summed E-state index contributed by atoms with van der Waals surface area (Å²) in [5.74, 6) is 0.552. The largest absolute Gasteiger partial charge is 0.385 e. The number of morpholine rings is 1. The summed E-state index contributed by atoms with van der Waals surface area (Å²) >= 11 is 0. The van der Waals surface area contributed by atoms with Crippen molar-refractivity contribution in [1.82, 2.24) is 14.5 Å². The summed E-state index contributed by atoms with van der Waals surface area (Å²) in [6.07, 6.45) is 0. The van der Waals surface area contributed by atoms with E-state index in [4.69, 9.17) is 10.5 Å². The van der Waals surface area contributed by atoms with Gasteiger partial charge in [-0.25, -0.2) is 4.79 Å². The zero-order valence-electron chi connectivity index (χ0n) is 12.0. The summed E-state index contributed by atoms with van der Waals surface area (Å²) in [5, 5.41) is 0. The lowest BCUT2D eigenvalue weighted by Gasteiger charge is -2.27. The standard InChI is InChI=1S/C13H22N4O3/c1-9(2)7-17-11(14)10(12(18)15-13(17)19)8-16-3-5-20-6-4-16/h9H,3-8,14H2,1-2H3,(H,15,18,19). The first-order chi connectivity index (χ1) is 9.49. The fourth-order valence-corrected chi connectivity index (χ4v) is 2.31. The molecule has 1 fully saturated rings. The number of nitrogen functional groups attached to an aromatic ring is 1. The van der Waals surface area contributed by atoms with Crippen LogP contribution in [-0.2, 0) is 17.8 Å². The van der Waals surface area contributed by atoms with E-state index in [1.165, 1.54) is 4.57 Å². The highest BCUT2D eigenvalue weighted by Gasteiger charge is 2.18. The second kappa shape index (κ2) is 6.23. The van der Waals surface area contributed by atoms with Gasteiger partial charge in [0.25, 0.3) is 5.56 Å². The van der Waals surface area contributed by atoms with Crippen molar-refractivity contribution in [3.63, 3.8) is 0 Å². The fraction of sp³-hybridized carbons (Fsp3) is 0.692. The van der Waals surface area contributed by atoms with Crippen LogP contribution in [0.5, 0.6) is 0 Å². The molecule has 0 amide bonds. The molecule has 2 rings (SSSR count). The molecule has 1 aromatic heterocycles. The minimum absolute atomic E-state index is 0.275. The Morgan fingerprint density at radius 3 is 2.55 bits per heavy atom. The zero-order chi connectivity index (χ0) is 14.7. The Morgan fingerprint density at radius 2 is 1.95 bits per heavy atom. The molecule has 20 heavy (non-hydrogen) atoms. The monoisotopic (exact) mass is 282 g/mol. The molecule has 7 heteroatoms. The van der Waals surface area contributed by atoms with E-state index in [0.29, 0.717) is 31.9 Å². The van der Waals surface area contributed by atoms with Crippen LogP contribution in [0.25, 0.3) is 0 Å². The molecule has 1 aliphatic heterocycles. The Bertz CT molecular complexity index is 570. The molecule has 1 saturated heterocycles. The second-order valence-corrected chi connectivity index (χ2v) is 5.52. The third-order valence-electron chi connectivity index (χ3n) is 3.37. The minimum atomic E-state index is -0.438. The summed E-state index contributed by atoms with van der Waals surface area (Å²) in [6, 6.07) is 0. The van der Waals surface area contributed by atoms with Crippen LogP contribution in [0, 0.1) is 5.92 Å². The number of hydrogen-bond donors (Lipinski definition) is 2. The maximum Gasteiger partial charge on any atom is 0.329 e. The van der Waals surface area contributed by atoms with Gasteiger partial charge in [-0.3, -0.25) is 19.2 Å². The van der Waals surface area contributed by atoms with Crippen LogP contribution >= 0.6 is 0 Å². The number of aromatic nitrogens is 2. The summed E-state index contributed by atoms with van der Waals surface area (Å²) in [6.45, 7) is 7.79. The number of ether oxygens (including phenoxy) is 1. The summed E-state index contributed by atoms with van der Waals surface area (Å²) < 4.78 is 6.73. The van der Waals surface area contributed by atoms with E-state index in [0.717, 1.165) is 13.1 Å². The van der Waals surface area contributed by atoms with Crippen molar-refractivity contribution in [1.29, 1.82) is 0 Å². The lowest BCUT2D eigenvalue weighted by Crippen LogP contribution is -2.41. The van der Waals surface area contributed by atoms with E-state index in [9.17, 15) is 9.59 Å². The van der Waals surface area contributed by atoms with E-state index in [2.05, 4.69) is 9.88 Å². The van der Waals surface area contributed by atoms with Gasteiger partial charge in [0.1, 0.15) is 5.82 Å². The molecular formula is C13H22N4O3. The molecule has 0 spiro atoms. The SMILES string of the molecule is CC(C)Cn1c(N)c(CN2CCOCC2)c(=O)[nH]c1=O. The predicted molar refractivity (Wildman–Crippen MR) is 76.7 cm³/mol. The third kappa shape index (κ3) is 3.29. The lowest BCUT2D eigenvalue weighted by atomic mass is 10.2. The van der Waals surface area contributed by atoms with E-state index >= 15 is 0 Å². The Morgan fingerprint density at radius 1 is 1.30 bits per heavy atom. The molecule has 0 aromatic carbocycles. The average Bonchev–Trinajstić information content (AvgIpc) is 2.40. The normalized spacial score (nSPS) is 16.8. The summed E-state index contributed by atoms with van der Waals surface area (Å²) in [7, 11) is 0. The highest BCUT2D eigenvalue weighted by atomic mass is 16.5. The number of nitrogens with zero attached hydrogens (tertiary/aromatic N) is 2. The average molecular weight is 282 g/mol. The highest BCUT2D eigenvalue weighted by molar-refractivity contribution is 5.38. The third-order valence-corrected chi connectivity index (χ3v) is 3.37. The number of aromatic amines is 1. The van der Waals surface area contributed by atoms with Gasteiger partial charge in [-0.1, -0.05) is 13.8 Å². The lowest BCUT2D eigenvalue weighted by molar-refractivity contribution is 0.0340. The zero-order valence-corrected chi connectivity index (χ0v) is 12.0. The second-order valence-electron chi connectivity index (χ2n) is 5.52. The molecule has 3 N–H and O–H groups in total. The Balaban J connectivity index is 2.31. The number of anilines is 1. The van der Waals surface area contributed by atoms with Crippen molar-refractivity contribution in [2.45, 2.75) is 26.9 Å². The van der Waals surface area contributed by atoms with Crippen molar-refractivity contribution in [2.75, 3.05) is 32.0 Å². The molecular weight excluding hydrogens is 260 g/mol. The Labute approximate surface area is 117 Å². The molecule has 0 atom stereocenters. The van der Waals surface area contributed by atoms with E-state index in [1.807, 2.05) is 13.8 Å². The van der Waals surface area contributed by atoms with E-state index in [1.54, 1.807) is 0 Å². The van der Waals surface area contributed by atoms with Crippen LogP contribution in [0.1, 0.15) is 19.4 Å². The van der Waals surface area contributed by atoms with Gasteiger partial charge >= 0.3 is 5.69 Å². The highest BCUT2D eigenvalue weighted by Crippen LogP contribution is 2.10. The van der Waals surface area contributed by atoms with Crippen molar-refractivity contribution >= 4 is 5.82 Å². The Kier molecular flexibility index (Phi) is 4.61. The first-order valence-corrected chi connectivity index (χ1v) is 6.90. The fourth-order valence-electron chi connectivity index (χ4n) is 2.31. The van der Waals surface area contributed by atoms with Crippen molar-refractivity contribution in [3.8, 4) is 0 Å². The number of nitrogens with two attached hydrogens (primary N) is 1. The molecule has 1 aliphatic rings. The first kappa shape index (κ1) is 14.8. The van der Waals surface area contributed by atoms with Crippen LogP contribution < -0.4 is 17.0 Å². The molecule has 0 bridgehead atoms. The van der Waals surface area contributed by atoms with Gasteiger partial charge in [-0.15, -0.1) is 0 Å². The number of nitrogens with one attached hydrogen (secondary N) is 1. The minimum Gasteiger partial charge on any atom is -0.385 e. The van der Waals surface area contributed by atoms with Gasteiger partial charge in [0, 0.05) is 26.2 Å². The van der Waals surface area contributed by atoms with Crippen molar-refractivity contribution < 1.29 is 4.74 Å². The van der Waals surface area contributed by atoms with Crippen LogP contribution in [0.2, 0.25) is 0 Å². The maximum absolute atomic E-state index is 12.0. The van der Waals surface area contributed by atoms with E-state index < -0.39 is 5.69 Å². The number of rotatable bonds is 4.